The second-order valence-corrected chi connectivity index (χ2v) is 4.65. The third kappa shape index (κ3) is 3.45. The van der Waals surface area contributed by atoms with Gasteiger partial charge in [0.05, 0.1) is 7.11 Å². The molecule has 1 aliphatic rings. The molecular formula is C17H16O5. The SMILES string of the molecule is COc1cc2c(cc1C(O)c1ccccc1)C=C2.O=C(O)O. The molecule has 0 saturated heterocycles. The molecule has 1 aliphatic carbocycles. The third-order valence-electron chi connectivity index (χ3n) is 3.29. The second-order valence-electron chi connectivity index (χ2n) is 4.65. The molecule has 0 radical (unpaired) electrons. The Bertz CT molecular complexity index is 688. The van der Waals surface area contributed by atoms with E-state index in [0.717, 1.165) is 28.0 Å². The van der Waals surface area contributed by atoms with Crippen LogP contribution in [0.2, 0.25) is 0 Å². The Morgan fingerprint density at radius 1 is 1.05 bits per heavy atom. The summed E-state index contributed by atoms with van der Waals surface area (Å²) in [5.74, 6) is 0.731. The molecular weight excluding hydrogens is 284 g/mol. The van der Waals surface area contributed by atoms with Gasteiger partial charge in [-0.1, -0.05) is 42.5 Å². The standard InChI is InChI=1S/C16H14O2.CH2O3/c1-18-15-10-13-8-7-12(13)9-14(15)16(17)11-5-3-2-4-6-11;2-1(3)4/h2-10,16-17H,1H3;(H2,2,3,4). The highest BCUT2D eigenvalue weighted by molar-refractivity contribution is 5.86. The zero-order valence-electron chi connectivity index (χ0n) is 11.9. The normalized spacial score (nSPS) is 12.3. The Hall–Kier alpha value is -2.79. The Morgan fingerprint density at radius 2 is 1.59 bits per heavy atom. The first-order valence-corrected chi connectivity index (χ1v) is 6.58. The van der Waals surface area contributed by atoms with Gasteiger partial charge < -0.3 is 20.1 Å². The molecule has 2 aromatic carbocycles. The maximum Gasteiger partial charge on any atom is 0.503 e. The number of aliphatic hydroxyl groups excluding tert-OH is 1. The van der Waals surface area contributed by atoms with E-state index < -0.39 is 12.3 Å². The molecule has 0 aliphatic heterocycles. The smallest absolute Gasteiger partial charge is 0.496 e. The van der Waals surface area contributed by atoms with Gasteiger partial charge in [-0.15, -0.1) is 0 Å². The van der Waals surface area contributed by atoms with E-state index in [1.807, 2.05) is 54.6 Å². The van der Waals surface area contributed by atoms with Gasteiger partial charge in [-0.3, -0.25) is 0 Å². The fourth-order valence-corrected chi connectivity index (χ4v) is 2.21. The highest BCUT2D eigenvalue weighted by Gasteiger charge is 2.19. The van der Waals surface area contributed by atoms with Crippen LogP contribution in [0.15, 0.2) is 42.5 Å². The average Bonchev–Trinajstić information content (AvgIpc) is 2.48. The fourth-order valence-electron chi connectivity index (χ4n) is 2.21. The zero-order valence-corrected chi connectivity index (χ0v) is 11.9. The summed E-state index contributed by atoms with van der Waals surface area (Å²) in [6, 6.07) is 13.6. The van der Waals surface area contributed by atoms with Crippen molar-refractivity contribution in [3.05, 3.63) is 64.7 Å². The number of rotatable bonds is 3. The molecule has 2 aromatic rings. The Morgan fingerprint density at radius 3 is 2.09 bits per heavy atom. The summed E-state index contributed by atoms with van der Waals surface area (Å²) in [5, 5.41) is 24.4. The first-order valence-electron chi connectivity index (χ1n) is 6.58. The predicted octanol–water partition coefficient (Wildman–Crippen LogP) is 3.48. The average molecular weight is 300 g/mol. The van der Waals surface area contributed by atoms with Crippen LogP contribution < -0.4 is 4.74 Å². The summed E-state index contributed by atoms with van der Waals surface area (Å²) in [6.07, 6.45) is 1.59. The molecule has 0 heterocycles. The molecule has 114 valence electrons. The van der Waals surface area contributed by atoms with Crippen molar-refractivity contribution < 1.29 is 24.9 Å². The topological polar surface area (TPSA) is 87.0 Å². The Kier molecular flexibility index (Phi) is 4.80. The van der Waals surface area contributed by atoms with Crippen molar-refractivity contribution in [3.8, 4) is 5.75 Å². The highest BCUT2D eigenvalue weighted by Crippen LogP contribution is 2.36. The number of carbonyl (C=O) groups is 1. The fraction of sp³-hybridized carbons (Fsp3) is 0.118. The lowest BCUT2D eigenvalue weighted by Gasteiger charge is -2.20. The summed E-state index contributed by atoms with van der Waals surface area (Å²) in [6.45, 7) is 0. The predicted molar refractivity (Wildman–Crippen MR) is 83.1 cm³/mol. The molecule has 0 amide bonds. The van der Waals surface area contributed by atoms with Gasteiger partial charge in [0.2, 0.25) is 0 Å². The number of fused-ring (bicyclic) bond motifs is 1. The maximum absolute atomic E-state index is 10.4. The van der Waals surface area contributed by atoms with Crippen LogP contribution in [0.5, 0.6) is 5.75 Å². The molecule has 0 aromatic heterocycles. The Labute approximate surface area is 127 Å². The van der Waals surface area contributed by atoms with Gasteiger partial charge >= 0.3 is 6.16 Å². The number of hydrogen-bond donors (Lipinski definition) is 3. The molecule has 3 rings (SSSR count). The van der Waals surface area contributed by atoms with Gasteiger partial charge in [0.15, 0.2) is 0 Å². The number of aliphatic hydroxyl groups is 1. The van der Waals surface area contributed by atoms with E-state index in [2.05, 4.69) is 0 Å². The minimum absolute atomic E-state index is 0.652. The zero-order chi connectivity index (χ0) is 16.1. The van der Waals surface area contributed by atoms with E-state index in [0.29, 0.717) is 0 Å². The minimum atomic E-state index is -1.83. The lowest BCUT2D eigenvalue weighted by atomic mass is 9.91. The summed E-state index contributed by atoms with van der Waals surface area (Å²) in [7, 11) is 1.63. The largest absolute Gasteiger partial charge is 0.503 e. The van der Waals surface area contributed by atoms with Crippen molar-refractivity contribution in [1.82, 2.24) is 0 Å². The summed E-state index contributed by atoms with van der Waals surface area (Å²) >= 11 is 0. The molecule has 0 bridgehead atoms. The number of ether oxygens (including phenoxy) is 1. The second kappa shape index (κ2) is 6.78. The third-order valence-corrected chi connectivity index (χ3v) is 3.29. The van der Waals surface area contributed by atoms with Crippen molar-refractivity contribution in [1.29, 1.82) is 0 Å². The molecule has 0 fully saturated rings. The molecule has 0 saturated carbocycles. The van der Waals surface area contributed by atoms with Crippen molar-refractivity contribution in [2.45, 2.75) is 6.10 Å². The van der Waals surface area contributed by atoms with Crippen LogP contribution in [0.3, 0.4) is 0 Å². The number of hydrogen-bond acceptors (Lipinski definition) is 3. The first kappa shape index (κ1) is 15.6. The monoisotopic (exact) mass is 300 g/mol. The molecule has 3 N–H and O–H groups in total. The van der Waals surface area contributed by atoms with E-state index in [-0.39, 0.29) is 0 Å². The lowest BCUT2D eigenvalue weighted by molar-refractivity contribution is 0.137. The molecule has 1 atom stereocenters. The van der Waals surface area contributed by atoms with Crippen LogP contribution in [0.4, 0.5) is 4.79 Å². The van der Waals surface area contributed by atoms with E-state index in [1.165, 1.54) is 0 Å². The number of carboxylic acid groups (broad SMARTS) is 2. The van der Waals surface area contributed by atoms with Gasteiger partial charge in [-0.05, 0) is 28.8 Å². The Balaban J connectivity index is 0.000000396. The lowest BCUT2D eigenvalue weighted by Crippen LogP contribution is -2.05. The summed E-state index contributed by atoms with van der Waals surface area (Å²) in [5.41, 5.74) is 4.00. The van der Waals surface area contributed by atoms with Crippen LogP contribution in [-0.2, 0) is 0 Å². The summed E-state index contributed by atoms with van der Waals surface area (Å²) < 4.78 is 5.36. The van der Waals surface area contributed by atoms with E-state index in [4.69, 9.17) is 19.7 Å². The molecule has 5 heteroatoms. The molecule has 0 spiro atoms. The van der Waals surface area contributed by atoms with Gasteiger partial charge in [-0.25, -0.2) is 4.79 Å². The van der Waals surface area contributed by atoms with Crippen LogP contribution in [0, 0.1) is 0 Å². The summed E-state index contributed by atoms with van der Waals surface area (Å²) in [4.78, 5) is 8.56. The van der Waals surface area contributed by atoms with Gasteiger partial charge in [0.1, 0.15) is 11.9 Å². The van der Waals surface area contributed by atoms with E-state index in [9.17, 15) is 5.11 Å². The van der Waals surface area contributed by atoms with Crippen LogP contribution in [0.25, 0.3) is 12.2 Å². The molecule has 22 heavy (non-hydrogen) atoms. The van der Waals surface area contributed by atoms with Crippen molar-refractivity contribution in [3.63, 3.8) is 0 Å². The van der Waals surface area contributed by atoms with Crippen LogP contribution >= 0.6 is 0 Å². The molecule has 1 unspecified atom stereocenters. The van der Waals surface area contributed by atoms with Crippen LogP contribution in [0.1, 0.15) is 28.4 Å². The van der Waals surface area contributed by atoms with Crippen molar-refractivity contribution in [2.75, 3.05) is 7.11 Å². The van der Waals surface area contributed by atoms with E-state index >= 15 is 0 Å². The van der Waals surface area contributed by atoms with Gasteiger partial charge in [-0.2, -0.15) is 0 Å². The van der Waals surface area contributed by atoms with Crippen LogP contribution in [-0.4, -0.2) is 28.6 Å². The number of methoxy groups -OCH3 is 1. The van der Waals surface area contributed by atoms with Crippen molar-refractivity contribution >= 4 is 18.3 Å². The van der Waals surface area contributed by atoms with Crippen molar-refractivity contribution in [2.24, 2.45) is 0 Å². The first-order chi connectivity index (χ1) is 10.5. The number of benzene rings is 2. The van der Waals surface area contributed by atoms with Gasteiger partial charge in [0.25, 0.3) is 0 Å². The van der Waals surface area contributed by atoms with Gasteiger partial charge in [0, 0.05) is 5.56 Å². The maximum atomic E-state index is 10.4. The van der Waals surface area contributed by atoms with E-state index in [1.54, 1.807) is 7.11 Å². The molecule has 5 nitrogen and oxygen atoms in total. The highest BCUT2D eigenvalue weighted by atomic mass is 16.6. The quantitative estimate of drug-likeness (QED) is 0.689. The minimum Gasteiger partial charge on any atom is -0.496 e.